The fourth-order valence-corrected chi connectivity index (χ4v) is 6.42. The number of amides is 2. The monoisotopic (exact) mass is 838 g/mol. The van der Waals surface area contributed by atoms with Gasteiger partial charge in [0.25, 0.3) is 0 Å². The molecule has 43 heavy (non-hydrogen) atoms. The van der Waals surface area contributed by atoms with Crippen LogP contribution in [0.4, 0.5) is 11.4 Å². The molecule has 3 radical (unpaired) electrons. The summed E-state index contributed by atoms with van der Waals surface area (Å²) < 4.78 is 0. The smallest absolute Gasteiger partial charge is 0.218 e. The van der Waals surface area contributed by atoms with Gasteiger partial charge >= 0.3 is 0 Å². The summed E-state index contributed by atoms with van der Waals surface area (Å²) in [6.07, 6.45) is 3.09. The Bertz CT molecular complexity index is 1440. The third-order valence-corrected chi connectivity index (χ3v) is 8.42. The number of carbonyl (C=O) groups is 2. The van der Waals surface area contributed by atoms with Crippen molar-refractivity contribution in [2.75, 3.05) is 34.6 Å². The Kier molecular flexibility index (Phi) is 17.0. The second kappa shape index (κ2) is 18.5. The van der Waals surface area contributed by atoms with E-state index in [1.165, 1.54) is 0 Å². The Labute approximate surface area is 341 Å². The molecule has 0 aliphatic carbocycles. The number of anilines is 2. The number of halogens is 2. The van der Waals surface area contributed by atoms with E-state index in [1.807, 2.05) is 78.6 Å². The fraction of sp³-hybridized carbons (Fsp3) is 0.324. The number of rotatable bonds is 6. The van der Waals surface area contributed by atoms with Crippen molar-refractivity contribution in [1.29, 1.82) is 0 Å². The van der Waals surface area contributed by atoms with Crippen LogP contribution in [0.15, 0.2) is 60.7 Å². The molecule has 4 aromatic rings. The standard InChI is InChI=1S/C31H26Cl2N2O2.C3H7.3Y/c32-16-22-18-34(26-14-12-20-6-1-3-8-24(20)30(22)26)28(36)10-5-11-29(37)35-19-23(17-33)31-25-9-4-2-7-21(25)13-15-27(31)35;1-3-2;;;/h1-4,6-9,14-15,22-23H,5,10-11,16-19H2;3H,1-2H3;;;/q-2;-1;;;/t22-,23-;;;;/m1..../s1. The summed E-state index contributed by atoms with van der Waals surface area (Å²) >= 11 is 12.6. The van der Waals surface area contributed by atoms with E-state index < -0.39 is 0 Å². The van der Waals surface area contributed by atoms with E-state index in [4.69, 9.17) is 23.2 Å². The van der Waals surface area contributed by atoms with Crippen LogP contribution in [0.25, 0.3) is 21.5 Å². The zero-order valence-corrected chi connectivity index (χ0v) is 34.7. The van der Waals surface area contributed by atoms with E-state index in [0.717, 1.165) is 44.0 Å². The first-order valence-electron chi connectivity index (χ1n) is 13.9. The molecule has 2 atom stereocenters. The van der Waals surface area contributed by atoms with Crippen molar-refractivity contribution in [2.24, 2.45) is 0 Å². The summed E-state index contributed by atoms with van der Waals surface area (Å²) in [4.78, 5) is 30.2. The molecule has 0 saturated carbocycles. The van der Waals surface area contributed by atoms with Crippen LogP contribution < -0.4 is 9.80 Å². The van der Waals surface area contributed by atoms with Gasteiger partial charge in [0.2, 0.25) is 11.8 Å². The molecule has 4 aromatic carbocycles. The third kappa shape index (κ3) is 8.40. The van der Waals surface area contributed by atoms with Crippen LogP contribution >= 0.6 is 23.2 Å². The molecule has 0 N–H and O–H groups in total. The SMILES string of the molecule is C[CH-]C.O=C(CCCC(=O)N1C[C@@H](CCl)c2c1c[c-]c1ccccc21)N1C[C@@H](CCl)c2c1c[c-]c1ccccc21.[Y].[Y].[Y]. The molecule has 0 spiro atoms. The summed E-state index contributed by atoms with van der Waals surface area (Å²) in [7, 11) is 0. The van der Waals surface area contributed by atoms with Crippen LogP contribution in [-0.2, 0) is 108 Å². The Balaban J connectivity index is 0.00000103. The Morgan fingerprint density at radius 1 is 0.744 bits per heavy atom. The average Bonchev–Trinajstić information content (AvgIpc) is 3.56. The van der Waals surface area contributed by atoms with E-state index in [2.05, 4.69) is 24.3 Å². The van der Waals surface area contributed by atoms with Gasteiger partial charge in [0.15, 0.2) is 0 Å². The van der Waals surface area contributed by atoms with Crippen LogP contribution in [0, 0.1) is 18.6 Å². The van der Waals surface area contributed by atoms with E-state index >= 15 is 0 Å². The minimum atomic E-state index is 0. The van der Waals surface area contributed by atoms with Gasteiger partial charge < -0.3 is 16.2 Å². The number of alkyl halides is 2. The van der Waals surface area contributed by atoms with Crippen molar-refractivity contribution in [1.82, 2.24) is 0 Å². The molecule has 2 amide bonds. The van der Waals surface area contributed by atoms with Crippen LogP contribution in [0.3, 0.4) is 0 Å². The minimum absolute atomic E-state index is 0. The van der Waals surface area contributed by atoms with E-state index in [0.29, 0.717) is 44.1 Å². The molecule has 2 aliphatic heterocycles. The predicted molar refractivity (Wildman–Crippen MR) is 167 cm³/mol. The van der Waals surface area contributed by atoms with E-state index in [-0.39, 0.29) is 122 Å². The van der Waals surface area contributed by atoms with Gasteiger partial charge in [0.1, 0.15) is 0 Å². The van der Waals surface area contributed by atoms with Gasteiger partial charge in [0.05, 0.1) is 0 Å². The normalized spacial score (nSPS) is 16.3. The van der Waals surface area contributed by atoms with Crippen LogP contribution in [0.2, 0.25) is 0 Å². The Morgan fingerprint density at radius 2 is 1.12 bits per heavy atom. The summed E-state index contributed by atoms with van der Waals surface area (Å²) in [6, 6.07) is 26.6. The average molecular weight is 839 g/mol. The quantitative estimate of drug-likeness (QED) is 0.146. The van der Waals surface area contributed by atoms with Crippen LogP contribution in [-0.4, -0.2) is 36.7 Å². The second-order valence-corrected chi connectivity index (χ2v) is 11.0. The molecular formula is C34H33Cl2N2O2Y3-3. The second-order valence-electron chi connectivity index (χ2n) is 10.4. The number of carbonyl (C=O) groups excluding carboxylic acids is 2. The van der Waals surface area contributed by atoms with Crippen molar-refractivity contribution < 1.29 is 108 Å². The van der Waals surface area contributed by atoms with E-state index in [1.54, 1.807) is 0 Å². The Hall–Kier alpha value is 0.232. The van der Waals surface area contributed by atoms with E-state index in [9.17, 15) is 9.59 Å². The van der Waals surface area contributed by atoms with Gasteiger partial charge in [0, 0.05) is 148 Å². The van der Waals surface area contributed by atoms with Gasteiger partial charge in [-0.15, -0.1) is 93.3 Å². The third-order valence-electron chi connectivity index (χ3n) is 7.68. The first-order chi connectivity index (χ1) is 19.5. The Morgan fingerprint density at radius 3 is 1.49 bits per heavy atom. The fourth-order valence-electron chi connectivity index (χ4n) is 5.92. The molecule has 217 valence electrons. The van der Waals surface area contributed by atoms with Crippen molar-refractivity contribution in [3.8, 4) is 0 Å². The van der Waals surface area contributed by atoms with Gasteiger partial charge in [-0.25, -0.2) is 0 Å². The summed E-state index contributed by atoms with van der Waals surface area (Å²) in [6.45, 7) is 5.13. The molecule has 2 aliphatic rings. The topological polar surface area (TPSA) is 40.6 Å². The maximum absolute atomic E-state index is 13.3. The zero-order valence-electron chi connectivity index (χ0n) is 24.7. The molecule has 0 unspecified atom stereocenters. The minimum Gasteiger partial charge on any atom is -0.352 e. The number of fused-ring (bicyclic) bond motifs is 6. The summed E-state index contributed by atoms with van der Waals surface area (Å²) in [5.74, 6) is 1.11. The first-order valence-corrected chi connectivity index (χ1v) is 14.9. The molecule has 9 heteroatoms. The summed E-state index contributed by atoms with van der Waals surface area (Å²) in [5, 5.41) is 4.26. The van der Waals surface area contributed by atoms with Gasteiger partial charge in [-0.05, 0) is 17.8 Å². The van der Waals surface area contributed by atoms with Crippen molar-refractivity contribution in [3.05, 3.63) is 90.3 Å². The van der Waals surface area contributed by atoms with Crippen molar-refractivity contribution in [3.63, 3.8) is 0 Å². The van der Waals surface area contributed by atoms with Gasteiger partial charge in [-0.1, -0.05) is 35.4 Å². The largest absolute Gasteiger partial charge is 0.352 e. The summed E-state index contributed by atoms with van der Waals surface area (Å²) in [5.41, 5.74) is 4.03. The van der Waals surface area contributed by atoms with Crippen LogP contribution in [0.1, 0.15) is 56.1 Å². The predicted octanol–water partition coefficient (Wildman–Crippen LogP) is 8.02. The zero-order chi connectivity index (χ0) is 28.2. The molecule has 0 bridgehead atoms. The molecule has 0 aromatic heterocycles. The van der Waals surface area contributed by atoms with Gasteiger partial charge in [-0.3, -0.25) is 9.59 Å². The van der Waals surface area contributed by atoms with Gasteiger partial charge in [-0.2, -0.15) is 13.8 Å². The number of hydrogen-bond donors (Lipinski definition) is 0. The molecule has 2 heterocycles. The molecule has 0 saturated heterocycles. The number of hydrogen-bond acceptors (Lipinski definition) is 2. The number of benzene rings is 4. The molecular weight excluding hydrogens is 806 g/mol. The molecule has 0 fully saturated rings. The number of nitrogens with zero attached hydrogens (tertiary/aromatic N) is 2. The van der Waals surface area contributed by atoms with Crippen molar-refractivity contribution >= 4 is 67.9 Å². The maximum atomic E-state index is 13.3. The molecule has 4 nitrogen and oxygen atoms in total. The first kappa shape index (κ1) is 39.4. The van der Waals surface area contributed by atoms with Crippen LogP contribution in [0.5, 0.6) is 0 Å². The molecule has 6 rings (SSSR count). The maximum Gasteiger partial charge on any atom is 0.218 e. The van der Waals surface area contributed by atoms with Crippen molar-refractivity contribution in [2.45, 2.75) is 44.9 Å².